The summed E-state index contributed by atoms with van der Waals surface area (Å²) in [7, 11) is 0. The molecule has 0 saturated carbocycles. The molecule has 0 unspecified atom stereocenters. The van der Waals surface area contributed by atoms with E-state index in [9.17, 15) is 0 Å². The summed E-state index contributed by atoms with van der Waals surface area (Å²) in [4.78, 5) is 1.12. The number of nitrogen functional groups attached to an aromatic ring is 1. The van der Waals surface area contributed by atoms with Gasteiger partial charge in [0.05, 0.1) is 17.3 Å². The second-order valence-corrected chi connectivity index (χ2v) is 5.50. The summed E-state index contributed by atoms with van der Waals surface area (Å²) in [6, 6.07) is 13.9. The van der Waals surface area contributed by atoms with E-state index in [-0.39, 0.29) is 0 Å². The van der Waals surface area contributed by atoms with Crippen molar-refractivity contribution in [2.24, 2.45) is 0 Å². The molecule has 0 atom stereocenters. The second-order valence-electron chi connectivity index (χ2n) is 4.05. The lowest BCUT2D eigenvalue weighted by molar-refractivity contribution is 0.340. The van der Waals surface area contributed by atoms with Crippen LogP contribution in [0.25, 0.3) is 0 Å². The molecule has 2 aromatic rings. The van der Waals surface area contributed by atoms with Gasteiger partial charge in [0.2, 0.25) is 0 Å². The fourth-order valence-corrected chi connectivity index (χ4v) is 2.75. The third-order valence-electron chi connectivity index (χ3n) is 2.61. The third kappa shape index (κ3) is 4.08. The molecule has 0 saturated heterocycles. The van der Waals surface area contributed by atoms with Gasteiger partial charge in [-0.25, -0.2) is 0 Å². The van der Waals surface area contributed by atoms with Crippen LogP contribution >= 0.6 is 23.4 Å². The van der Waals surface area contributed by atoms with Crippen LogP contribution in [-0.4, -0.2) is 6.61 Å². The largest absolute Gasteiger partial charge is 0.494 e. The molecule has 0 bridgehead atoms. The van der Waals surface area contributed by atoms with Gasteiger partial charge >= 0.3 is 0 Å². The SMILES string of the molecule is CCOc1ccc(CSc2ccc(N)c(Cl)c2)cc1. The monoisotopic (exact) mass is 293 g/mol. The zero-order valence-corrected chi connectivity index (χ0v) is 12.3. The third-order valence-corrected chi connectivity index (χ3v) is 4.00. The highest BCUT2D eigenvalue weighted by Crippen LogP contribution is 2.28. The van der Waals surface area contributed by atoms with Crippen LogP contribution in [0, 0.1) is 0 Å². The molecule has 100 valence electrons. The van der Waals surface area contributed by atoms with Crippen molar-refractivity contribution in [1.29, 1.82) is 0 Å². The van der Waals surface area contributed by atoms with Crippen molar-refractivity contribution in [2.75, 3.05) is 12.3 Å². The summed E-state index contributed by atoms with van der Waals surface area (Å²) < 4.78 is 5.41. The Morgan fingerprint density at radius 2 is 1.89 bits per heavy atom. The van der Waals surface area contributed by atoms with Crippen molar-refractivity contribution in [1.82, 2.24) is 0 Å². The van der Waals surface area contributed by atoms with Crippen molar-refractivity contribution < 1.29 is 4.74 Å². The first-order valence-electron chi connectivity index (χ1n) is 6.08. The molecule has 0 fully saturated rings. The molecule has 0 amide bonds. The molecule has 0 aliphatic carbocycles. The lowest BCUT2D eigenvalue weighted by atomic mass is 10.2. The van der Waals surface area contributed by atoms with Gasteiger partial charge in [0.25, 0.3) is 0 Å². The van der Waals surface area contributed by atoms with Crippen molar-refractivity contribution in [3.05, 3.63) is 53.1 Å². The number of nitrogens with two attached hydrogens (primary N) is 1. The molecule has 2 aromatic carbocycles. The minimum atomic E-state index is 0.608. The highest BCUT2D eigenvalue weighted by atomic mass is 35.5. The zero-order valence-electron chi connectivity index (χ0n) is 10.7. The number of rotatable bonds is 5. The highest BCUT2D eigenvalue weighted by Gasteiger charge is 2.01. The van der Waals surface area contributed by atoms with E-state index in [4.69, 9.17) is 22.1 Å². The Kier molecular flexibility index (Phi) is 5.00. The van der Waals surface area contributed by atoms with Gasteiger partial charge in [0.1, 0.15) is 5.75 Å². The molecule has 0 heterocycles. The average Bonchev–Trinajstić information content (AvgIpc) is 2.42. The van der Waals surface area contributed by atoms with Gasteiger partial charge in [0, 0.05) is 10.6 Å². The Labute approximate surface area is 122 Å². The molecule has 2 N–H and O–H groups in total. The molecule has 0 aromatic heterocycles. The first-order chi connectivity index (χ1) is 9.19. The number of ether oxygens (including phenoxy) is 1. The van der Waals surface area contributed by atoms with Crippen molar-refractivity contribution in [3.63, 3.8) is 0 Å². The standard InChI is InChI=1S/C15H16ClNOS/c1-2-18-12-5-3-11(4-6-12)10-19-13-7-8-15(17)14(16)9-13/h3-9H,2,10,17H2,1H3. The van der Waals surface area contributed by atoms with Gasteiger partial charge in [-0.05, 0) is 42.8 Å². The van der Waals surface area contributed by atoms with E-state index in [1.165, 1.54) is 5.56 Å². The summed E-state index contributed by atoms with van der Waals surface area (Å²) in [5.41, 5.74) is 7.55. The van der Waals surface area contributed by atoms with Crippen LogP contribution in [-0.2, 0) is 5.75 Å². The smallest absolute Gasteiger partial charge is 0.119 e. The van der Waals surface area contributed by atoms with Gasteiger partial charge in [-0.15, -0.1) is 11.8 Å². The first kappa shape index (κ1) is 14.1. The molecule has 0 aliphatic heterocycles. The van der Waals surface area contributed by atoms with E-state index in [0.29, 0.717) is 17.3 Å². The van der Waals surface area contributed by atoms with Crippen LogP contribution in [0.2, 0.25) is 5.02 Å². The topological polar surface area (TPSA) is 35.2 Å². The number of anilines is 1. The van der Waals surface area contributed by atoms with E-state index in [1.807, 2.05) is 37.3 Å². The molecule has 0 spiro atoms. The maximum atomic E-state index is 6.00. The Morgan fingerprint density at radius 1 is 1.16 bits per heavy atom. The predicted molar refractivity (Wildman–Crippen MR) is 83.0 cm³/mol. The normalized spacial score (nSPS) is 10.4. The van der Waals surface area contributed by atoms with Gasteiger partial charge in [0.15, 0.2) is 0 Å². The molecule has 2 nitrogen and oxygen atoms in total. The molecular formula is C15H16ClNOS. The average molecular weight is 294 g/mol. The number of benzene rings is 2. The van der Waals surface area contributed by atoms with E-state index >= 15 is 0 Å². The van der Waals surface area contributed by atoms with E-state index < -0.39 is 0 Å². The Hall–Kier alpha value is -1.32. The molecular weight excluding hydrogens is 278 g/mol. The van der Waals surface area contributed by atoms with Crippen molar-refractivity contribution >= 4 is 29.1 Å². The minimum Gasteiger partial charge on any atom is -0.494 e. The summed E-state index contributed by atoms with van der Waals surface area (Å²) in [6.07, 6.45) is 0. The highest BCUT2D eigenvalue weighted by molar-refractivity contribution is 7.98. The van der Waals surface area contributed by atoms with Crippen LogP contribution in [0.4, 0.5) is 5.69 Å². The quantitative estimate of drug-likeness (QED) is 0.646. The van der Waals surface area contributed by atoms with E-state index in [0.717, 1.165) is 16.4 Å². The Bertz CT molecular complexity index is 542. The maximum absolute atomic E-state index is 6.00. The first-order valence-corrected chi connectivity index (χ1v) is 7.45. The van der Waals surface area contributed by atoms with E-state index in [1.54, 1.807) is 11.8 Å². The van der Waals surface area contributed by atoms with Crippen LogP contribution in [0.1, 0.15) is 12.5 Å². The summed E-state index contributed by atoms with van der Waals surface area (Å²) in [5, 5.41) is 0.608. The van der Waals surface area contributed by atoms with Gasteiger partial charge in [-0.1, -0.05) is 23.7 Å². The molecule has 4 heteroatoms. The molecule has 0 aliphatic rings. The number of halogens is 1. The number of thioether (sulfide) groups is 1. The summed E-state index contributed by atoms with van der Waals surface area (Å²) >= 11 is 7.73. The summed E-state index contributed by atoms with van der Waals surface area (Å²) in [5.74, 6) is 1.80. The lowest BCUT2D eigenvalue weighted by Gasteiger charge is -2.06. The molecule has 0 radical (unpaired) electrons. The van der Waals surface area contributed by atoms with Crippen LogP contribution < -0.4 is 10.5 Å². The van der Waals surface area contributed by atoms with Crippen LogP contribution in [0.3, 0.4) is 0 Å². The predicted octanol–water partition coefficient (Wildman–Crippen LogP) is 4.61. The van der Waals surface area contributed by atoms with E-state index in [2.05, 4.69) is 12.1 Å². The van der Waals surface area contributed by atoms with Crippen molar-refractivity contribution in [2.45, 2.75) is 17.6 Å². The second kappa shape index (κ2) is 6.73. The van der Waals surface area contributed by atoms with Crippen LogP contribution in [0.5, 0.6) is 5.75 Å². The lowest BCUT2D eigenvalue weighted by Crippen LogP contribution is -1.91. The minimum absolute atomic E-state index is 0.608. The van der Waals surface area contributed by atoms with Crippen LogP contribution in [0.15, 0.2) is 47.4 Å². The fraction of sp³-hybridized carbons (Fsp3) is 0.200. The van der Waals surface area contributed by atoms with Crippen molar-refractivity contribution in [3.8, 4) is 5.75 Å². The molecule has 2 rings (SSSR count). The number of hydrogen-bond donors (Lipinski definition) is 1. The fourth-order valence-electron chi connectivity index (χ4n) is 1.61. The van der Waals surface area contributed by atoms with Gasteiger partial charge in [-0.3, -0.25) is 0 Å². The molecule has 19 heavy (non-hydrogen) atoms. The Morgan fingerprint density at radius 3 is 2.53 bits per heavy atom. The van der Waals surface area contributed by atoms with Gasteiger partial charge < -0.3 is 10.5 Å². The number of hydrogen-bond acceptors (Lipinski definition) is 3. The van der Waals surface area contributed by atoms with Gasteiger partial charge in [-0.2, -0.15) is 0 Å². The Balaban J connectivity index is 1.96. The summed E-state index contributed by atoms with van der Waals surface area (Å²) in [6.45, 7) is 2.67. The maximum Gasteiger partial charge on any atom is 0.119 e. The zero-order chi connectivity index (χ0) is 13.7.